The number of rotatable bonds is 2. The fourth-order valence-corrected chi connectivity index (χ4v) is 4.32. The fraction of sp³-hybridized carbons (Fsp3) is 1.00. The Bertz CT molecular complexity index is 226. The molecule has 0 bridgehead atoms. The molecule has 2 atom stereocenters. The summed E-state index contributed by atoms with van der Waals surface area (Å²) in [4.78, 5) is 0. The second-order valence-corrected chi connectivity index (χ2v) is 8.12. The molecule has 0 heterocycles. The van der Waals surface area contributed by atoms with Gasteiger partial charge in [-0.1, -0.05) is 41.5 Å². The fourth-order valence-electron chi connectivity index (χ4n) is 2.93. The Hall–Kier alpha value is 0.350. The molecule has 2 unspecified atom stereocenters. The highest BCUT2D eigenvalue weighted by Gasteiger charge is 2.52. The second kappa shape index (κ2) is 3.98. The Kier molecular flexibility index (Phi) is 3.56. The van der Waals surface area contributed by atoms with Crippen molar-refractivity contribution in [3.05, 3.63) is 0 Å². The minimum atomic E-state index is 0.430. The molecule has 0 amide bonds. The molecule has 0 aliphatic heterocycles. The van der Waals surface area contributed by atoms with Crippen LogP contribution in [-0.4, -0.2) is 11.0 Å². The zero-order chi connectivity index (χ0) is 11.9. The predicted octanol–water partition coefficient (Wildman–Crippen LogP) is 4.98. The van der Waals surface area contributed by atoms with E-state index in [-0.39, 0.29) is 0 Å². The van der Waals surface area contributed by atoms with Gasteiger partial charge in [0.15, 0.2) is 0 Å². The molecule has 1 rings (SSSR count). The molecule has 1 fully saturated rings. The van der Waals surface area contributed by atoms with Gasteiger partial charge in [0.25, 0.3) is 0 Å². The molecule has 0 saturated heterocycles. The Labute approximate surface area is 101 Å². The van der Waals surface area contributed by atoms with Crippen molar-refractivity contribution < 1.29 is 0 Å². The monoisotopic (exact) mass is 228 g/mol. The van der Waals surface area contributed by atoms with E-state index in [9.17, 15) is 0 Å². The van der Waals surface area contributed by atoms with Crippen molar-refractivity contribution in [2.45, 2.75) is 65.6 Å². The molecule has 0 aromatic carbocycles. The average Bonchev–Trinajstić information content (AvgIpc) is 2.45. The van der Waals surface area contributed by atoms with Crippen LogP contribution in [0.5, 0.6) is 0 Å². The minimum Gasteiger partial charge on any atom is -0.158 e. The maximum atomic E-state index is 2.49. The molecule has 1 aliphatic rings. The molecule has 0 radical (unpaired) electrons. The molecule has 0 aromatic heterocycles. The first kappa shape index (κ1) is 13.4. The van der Waals surface area contributed by atoms with E-state index < -0.39 is 0 Å². The van der Waals surface area contributed by atoms with Crippen LogP contribution >= 0.6 is 11.8 Å². The highest BCUT2D eigenvalue weighted by atomic mass is 32.2. The Morgan fingerprint density at radius 3 is 1.87 bits per heavy atom. The molecular weight excluding hydrogens is 200 g/mol. The molecule has 0 aromatic rings. The Balaban J connectivity index is 2.92. The third-order valence-corrected chi connectivity index (χ3v) is 6.68. The lowest BCUT2D eigenvalue weighted by atomic mass is 9.72. The zero-order valence-corrected chi connectivity index (χ0v) is 12.4. The SMILES string of the molecule is CSC1(C(C)(C)C)CCC(C)(C(C)C)C1. The van der Waals surface area contributed by atoms with Crippen LogP contribution in [0.3, 0.4) is 0 Å². The van der Waals surface area contributed by atoms with Gasteiger partial charge < -0.3 is 0 Å². The lowest BCUT2D eigenvalue weighted by Crippen LogP contribution is -2.38. The largest absolute Gasteiger partial charge is 0.158 e. The summed E-state index contributed by atoms with van der Waals surface area (Å²) in [7, 11) is 0. The van der Waals surface area contributed by atoms with E-state index in [0.717, 1.165) is 5.92 Å². The lowest BCUT2D eigenvalue weighted by molar-refractivity contribution is 0.195. The first-order valence-corrected chi connectivity index (χ1v) is 7.44. The summed E-state index contributed by atoms with van der Waals surface area (Å²) in [6.07, 6.45) is 6.49. The van der Waals surface area contributed by atoms with Crippen LogP contribution in [0.25, 0.3) is 0 Å². The van der Waals surface area contributed by atoms with Crippen LogP contribution in [0.15, 0.2) is 0 Å². The third-order valence-electron chi connectivity index (χ3n) is 4.94. The summed E-state index contributed by atoms with van der Waals surface area (Å²) < 4.78 is 0.506. The highest BCUT2D eigenvalue weighted by Crippen LogP contribution is 2.60. The molecule has 0 nitrogen and oxygen atoms in total. The van der Waals surface area contributed by atoms with Crippen LogP contribution in [0.4, 0.5) is 0 Å². The summed E-state index contributed by atoms with van der Waals surface area (Å²) in [6, 6.07) is 0. The smallest absolute Gasteiger partial charge is 0.0211 e. The van der Waals surface area contributed by atoms with E-state index in [2.05, 4.69) is 59.6 Å². The van der Waals surface area contributed by atoms with Crippen molar-refractivity contribution in [2.75, 3.05) is 6.26 Å². The van der Waals surface area contributed by atoms with Gasteiger partial charge in [-0.15, -0.1) is 0 Å². The highest BCUT2D eigenvalue weighted by molar-refractivity contribution is 8.00. The molecular formula is C14H28S. The molecule has 15 heavy (non-hydrogen) atoms. The van der Waals surface area contributed by atoms with Crippen LogP contribution in [-0.2, 0) is 0 Å². The van der Waals surface area contributed by atoms with Crippen molar-refractivity contribution in [1.82, 2.24) is 0 Å². The van der Waals surface area contributed by atoms with Gasteiger partial charge in [-0.25, -0.2) is 0 Å². The molecule has 90 valence electrons. The molecule has 1 saturated carbocycles. The van der Waals surface area contributed by atoms with Crippen LogP contribution < -0.4 is 0 Å². The second-order valence-electron chi connectivity index (χ2n) is 6.93. The summed E-state index contributed by atoms with van der Waals surface area (Å²) in [5, 5.41) is 0. The van der Waals surface area contributed by atoms with Gasteiger partial charge in [0.1, 0.15) is 0 Å². The Morgan fingerprint density at radius 1 is 1.13 bits per heavy atom. The van der Waals surface area contributed by atoms with Gasteiger partial charge >= 0.3 is 0 Å². The van der Waals surface area contributed by atoms with E-state index in [1.54, 1.807) is 0 Å². The quantitative estimate of drug-likeness (QED) is 0.642. The van der Waals surface area contributed by atoms with Gasteiger partial charge in [-0.2, -0.15) is 11.8 Å². The average molecular weight is 228 g/mol. The van der Waals surface area contributed by atoms with Crippen LogP contribution in [0.1, 0.15) is 60.8 Å². The molecule has 1 heteroatoms. The van der Waals surface area contributed by atoms with Gasteiger partial charge in [-0.05, 0) is 42.3 Å². The Morgan fingerprint density at radius 2 is 1.67 bits per heavy atom. The lowest BCUT2D eigenvalue weighted by Gasteiger charge is -2.43. The van der Waals surface area contributed by atoms with E-state index in [4.69, 9.17) is 0 Å². The van der Waals surface area contributed by atoms with E-state index in [1.807, 2.05) is 0 Å². The van der Waals surface area contributed by atoms with Crippen molar-refractivity contribution in [2.24, 2.45) is 16.7 Å². The summed E-state index contributed by atoms with van der Waals surface area (Å²) in [5.74, 6) is 0.814. The van der Waals surface area contributed by atoms with Gasteiger partial charge in [-0.3, -0.25) is 0 Å². The first-order valence-electron chi connectivity index (χ1n) is 6.22. The van der Waals surface area contributed by atoms with Crippen LogP contribution in [0.2, 0.25) is 0 Å². The molecule has 0 spiro atoms. The number of thioether (sulfide) groups is 1. The van der Waals surface area contributed by atoms with Gasteiger partial charge in [0.05, 0.1) is 0 Å². The summed E-state index contributed by atoms with van der Waals surface area (Å²) in [5.41, 5.74) is 0.995. The van der Waals surface area contributed by atoms with Crippen molar-refractivity contribution >= 4 is 11.8 Å². The van der Waals surface area contributed by atoms with Crippen LogP contribution in [0, 0.1) is 16.7 Å². The first-order chi connectivity index (χ1) is 6.67. The number of hydrogen-bond acceptors (Lipinski definition) is 1. The summed E-state index contributed by atoms with van der Waals surface area (Å²) >= 11 is 2.11. The minimum absolute atomic E-state index is 0.430. The summed E-state index contributed by atoms with van der Waals surface area (Å²) in [6.45, 7) is 14.5. The van der Waals surface area contributed by atoms with Crippen molar-refractivity contribution in [1.29, 1.82) is 0 Å². The third kappa shape index (κ3) is 2.23. The number of hydrogen-bond donors (Lipinski definition) is 0. The van der Waals surface area contributed by atoms with E-state index in [1.165, 1.54) is 19.3 Å². The van der Waals surface area contributed by atoms with Crippen molar-refractivity contribution in [3.8, 4) is 0 Å². The van der Waals surface area contributed by atoms with Crippen molar-refractivity contribution in [3.63, 3.8) is 0 Å². The predicted molar refractivity (Wildman–Crippen MR) is 72.5 cm³/mol. The van der Waals surface area contributed by atoms with Gasteiger partial charge in [0, 0.05) is 4.75 Å². The van der Waals surface area contributed by atoms with E-state index >= 15 is 0 Å². The topological polar surface area (TPSA) is 0 Å². The maximum absolute atomic E-state index is 2.49. The zero-order valence-electron chi connectivity index (χ0n) is 11.6. The normalized spacial score (nSPS) is 37.6. The van der Waals surface area contributed by atoms with Gasteiger partial charge in [0.2, 0.25) is 0 Å². The van der Waals surface area contributed by atoms with E-state index in [0.29, 0.717) is 15.6 Å². The molecule has 0 N–H and O–H groups in total. The molecule has 1 aliphatic carbocycles. The standard InChI is InChI=1S/C14H28S/c1-11(2)13(6)8-9-14(10-13,15-7)12(3,4)5/h11H,8-10H2,1-7H3. The maximum Gasteiger partial charge on any atom is 0.0211 e.